The molecule has 0 saturated heterocycles. The Kier molecular flexibility index (Phi) is 3.68. The first kappa shape index (κ1) is 13.7. The number of halogens is 3. The highest BCUT2D eigenvalue weighted by Crippen LogP contribution is 2.25. The summed E-state index contributed by atoms with van der Waals surface area (Å²) in [7, 11) is 0. The molecule has 0 aliphatic carbocycles. The molecule has 1 heterocycles. The van der Waals surface area contributed by atoms with Crippen molar-refractivity contribution >= 4 is 5.71 Å². The van der Waals surface area contributed by atoms with E-state index in [2.05, 4.69) is 9.89 Å². The molecule has 0 amide bonds. The number of oxime groups is 1. The van der Waals surface area contributed by atoms with E-state index in [9.17, 15) is 13.2 Å². The predicted octanol–water partition coefficient (Wildman–Crippen LogP) is 3.73. The lowest BCUT2D eigenvalue weighted by Crippen LogP contribution is -2.17. The Morgan fingerprint density at radius 3 is 2.37 bits per heavy atom. The normalized spacial score (nSPS) is 19.3. The molecule has 3 nitrogen and oxygen atoms in total. The molecule has 0 spiro atoms. The van der Waals surface area contributed by atoms with Crippen LogP contribution in [-0.4, -0.2) is 18.2 Å². The van der Waals surface area contributed by atoms with Gasteiger partial charge < -0.3 is 9.57 Å². The van der Waals surface area contributed by atoms with E-state index in [1.54, 1.807) is 12.1 Å². The van der Waals surface area contributed by atoms with Gasteiger partial charge in [0.1, 0.15) is 11.9 Å². The molecule has 0 saturated carbocycles. The van der Waals surface area contributed by atoms with Gasteiger partial charge in [-0.1, -0.05) is 19.0 Å². The summed E-state index contributed by atoms with van der Waals surface area (Å²) >= 11 is 0. The molecular weight excluding hydrogens is 259 g/mol. The van der Waals surface area contributed by atoms with Gasteiger partial charge in [0.25, 0.3) is 0 Å². The van der Waals surface area contributed by atoms with Crippen molar-refractivity contribution in [2.24, 2.45) is 11.1 Å². The zero-order valence-corrected chi connectivity index (χ0v) is 10.6. The molecule has 104 valence electrons. The van der Waals surface area contributed by atoms with Gasteiger partial charge in [0.2, 0.25) is 0 Å². The van der Waals surface area contributed by atoms with Gasteiger partial charge in [0.15, 0.2) is 0 Å². The van der Waals surface area contributed by atoms with Gasteiger partial charge in [-0.2, -0.15) is 0 Å². The van der Waals surface area contributed by atoms with E-state index in [-0.39, 0.29) is 11.9 Å². The van der Waals surface area contributed by atoms with E-state index in [1.807, 2.05) is 13.8 Å². The highest BCUT2D eigenvalue weighted by molar-refractivity contribution is 6.01. The van der Waals surface area contributed by atoms with E-state index in [0.717, 1.165) is 11.3 Å². The number of benzene rings is 1. The van der Waals surface area contributed by atoms with Gasteiger partial charge in [-0.25, -0.2) is 0 Å². The van der Waals surface area contributed by atoms with Crippen LogP contribution < -0.4 is 4.74 Å². The van der Waals surface area contributed by atoms with Crippen molar-refractivity contribution in [2.45, 2.75) is 32.7 Å². The second kappa shape index (κ2) is 5.11. The first-order valence-corrected chi connectivity index (χ1v) is 5.94. The number of hydrogen-bond donors (Lipinski definition) is 0. The summed E-state index contributed by atoms with van der Waals surface area (Å²) in [4.78, 5) is 5.27. The average Bonchev–Trinajstić information content (AvgIpc) is 2.77. The maximum absolute atomic E-state index is 12.0. The minimum atomic E-state index is -4.67. The summed E-state index contributed by atoms with van der Waals surface area (Å²) in [6, 6.07) is 5.64. The summed E-state index contributed by atoms with van der Waals surface area (Å²) in [5.74, 6) is 0.102. The first-order chi connectivity index (χ1) is 8.85. The van der Waals surface area contributed by atoms with Crippen LogP contribution in [0, 0.1) is 5.92 Å². The van der Waals surface area contributed by atoms with Crippen molar-refractivity contribution in [1.82, 2.24) is 0 Å². The number of ether oxygens (including phenoxy) is 1. The van der Waals surface area contributed by atoms with E-state index in [4.69, 9.17) is 4.84 Å². The van der Waals surface area contributed by atoms with Gasteiger partial charge in [0.05, 0.1) is 5.71 Å². The third-order valence-electron chi connectivity index (χ3n) is 2.86. The highest BCUT2D eigenvalue weighted by Gasteiger charge is 2.31. The number of rotatable bonds is 3. The minimum Gasteiger partial charge on any atom is -0.406 e. The SMILES string of the molecule is CC(C)C1CC(c2ccc(OC(F)(F)F)cc2)=NO1. The Morgan fingerprint density at radius 1 is 1.26 bits per heavy atom. The molecule has 0 fully saturated rings. The van der Waals surface area contributed by atoms with Crippen molar-refractivity contribution < 1.29 is 22.7 Å². The van der Waals surface area contributed by atoms with Crippen molar-refractivity contribution in [2.75, 3.05) is 0 Å². The summed E-state index contributed by atoms with van der Waals surface area (Å²) in [5, 5.41) is 3.97. The molecule has 1 aromatic carbocycles. The summed E-state index contributed by atoms with van der Waals surface area (Å²) in [6.45, 7) is 4.06. The van der Waals surface area contributed by atoms with E-state index >= 15 is 0 Å². The van der Waals surface area contributed by atoms with Crippen LogP contribution in [0.3, 0.4) is 0 Å². The largest absolute Gasteiger partial charge is 0.573 e. The van der Waals surface area contributed by atoms with Crippen molar-refractivity contribution in [3.8, 4) is 5.75 Å². The van der Waals surface area contributed by atoms with Crippen LogP contribution in [0.15, 0.2) is 29.4 Å². The van der Waals surface area contributed by atoms with E-state index in [1.165, 1.54) is 12.1 Å². The lowest BCUT2D eigenvalue weighted by molar-refractivity contribution is -0.274. The molecule has 2 rings (SSSR count). The fourth-order valence-electron chi connectivity index (χ4n) is 1.77. The maximum Gasteiger partial charge on any atom is 0.573 e. The summed E-state index contributed by atoms with van der Waals surface area (Å²) in [6.07, 6.45) is -3.98. The van der Waals surface area contributed by atoms with E-state index in [0.29, 0.717) is 12.3 Å². The van der Waals surface area contributed by atoms with Crippen molar-refractivity contribution in [3.05, 3.63) is 29.8 Å². The second-order valence-electron chi connectivity index (χ2n) is 4.70. The van der Waals surface area contributed by atoms with Gasteiger partial charge >= 0.3 is 6.36 Å². The lowest BCUT2D eigenvalue weighted by Gasteiger charge is -2.11. The Hall–Kier alpha value is -1.72. The molecule has 0 radical (unpaired) electrons. The van der Waals surface area contributed by atoms with Crippen molar-refractivity contribution in [1.29, 1.82) is 0 Å². The second-order valence-corrected chi connectivity index (χ2v) is 4.70. The Labute approximate surface area is 109 Å². The third kappa shape index (κ3) is 3.62. The number of alkyl halides is 3. The zero-order valence-electron chi connectivity index (χ0n) is 10.6. The fraction of sp³-hybridized carbons (Fsp3) is 0.462. The minimum absolute atomic E-state index is 0.0288. The smallest absolute Gasteiger partial charge is 0.406 e. The van der Waals surface area contributed by atoms with Crippen LogP contribution in [0.5, 0.6) is 5.75 Å². The number of hydrogen-bond acceptors (Lipinski definition) is 3. The molecular formula is C13H14F3NO2. The monoisotopic (exact) mass is 273 g/mol. The molecule has 1 aromatic rings. The molecule has 1 aliphatic rings. The Balaban J connectivity index is 2.04. The zero-order chi connectivity index (χ0) is 14.0. The quantitative estimate of drug-likeness (QED) is 0.840. The summed E-state index contributed by atoms with van der Waals surface area (Å²) < 4.78 is 39.9. The molecule has 6 heteroatoms. The Morgan fingerprint density at radius 2 is 1.89 bits per heavy atom. The number of nitrogens with zero attached hydrogens (tertiary/aromatic N) is 1. The van der Waals surface area contributed by atoms with Gasteiger partial charge in [-0.3, -0.25) is 0 Å². The third-order valence-corrected chi connectivity index (χ3v) is 2.86. The van der Waals surface area contributed by atoms with Crippen molar-refractivity contribution in [3.63, 3.8) is 0 Å². The predicted molar refractivity (Wildman–Crippen MR) is 64.0 cm³/mol. The van der Waals surface area contributed by atoms with E-state index < -0.39 is 6.36 Å². The van der Waals surface area contributed by atoms with Crippen LogP contribution in [0.4, 0.5) is 13.2 Å². The lowest BCUT2D eigenvalue weighted by atomic mass is 9.98. The molecule has 0 aromatic heterocycles. The van der Waals surface area contributed by atoms with Crippen LogP contribution >= 0.6 is 0 Å². The molecule has 1 atom stereocenters. The highest BCUT2D eigenvalue weighted by atomic mass is 19.4. The van der Waals surface area contributed by atoms with Crippen LogP contribution in [-0.2, 0) is 4.84 Å². The maximum atomic E-state index is 12.0. The van der Waals surface area contributed by atoms with Gasteiger partial charge in [0, 0.05) is 6.42 Å². The average molecular weight is 273 g/mol. The standard InChI is InChI=1S/C13H14F3NO2/c1-8(2)12-7-11(17-19-12)9-3-5-10(6-4-9)18-13(14,15)16/h3-6,8,12H,7H2,1-2H3. The molecule has 0 N–H and O–H groups in total. The first-order valence-electron chi connectivity index (χ1n) is 5.94. The summed E-state index contributed by atoms with van der Waals surface area (Å²) in [5.41, 5.74) is 1.50. The Bertz CT molecular complexity index is 466. The molecule has 1 unspecified atom stereocenters. The molecule has 19 heavy (non-hydrogen) atoms. The van der Waals surface area contributed by atoms with Crippen LogP contribution in [0.1, 0.15) is 25.8 Å². The molecule has 1 aliphatic heterocycles. The topological polar surface area (TPSA) is 30.8 Å². The van der Waals surface area contributed by atoms with Gasteiger partial charge in [-0.15, -0.1) is 13.2 Å². The van der Waals surface area contributed by atoms with Crippen LogP contribution in [0.25, 0.3) is 0 Å². The molecule has 0 bridgehead atoms. The van der Waals surface area contributed by atoms with Gasteiger partial charge in [-0.05, 0) is 35.7 Å². The fourth-order valence-corrected chi connectivity index (χ4v) is 1.77. The van der Waals surface area contributed by atoms with Crippen LogP contribution in [0.2, 0.25) is 0 Å².